The fourth-order valence-electron chi connectivity index (χ4n) is 5.17. The lowest BCUT2D eigenvalue weighted by atomic mass is 10.0. The number of esters is 2. The second kappa shape index (κ2) is 33.9. The van der Waals surface area contributed by atoms with Crippen molar-refractivity contribution in [2.45, 2.75) is 194 Å². The SMILES string of the molecule is CCCCCCCCCCCCCCCCOC(=O)/C=C/C(=O)OCCCCCCCCCCCCCCCC. The summed E-state index contributed by atoms with van der Waals surface area (Å²) >= 11 is 0. The molecule has 4 nitrogen and oxygen atoms in total. The number of hydrogen-bond acceptors (Lipinski definition) is 4. The molecule has 0 fully saturated rings. The summed E-state index contributed by atoms with van der Waals surface area (Å²) in [5.41, 5.74) is 0. The largest absolute Gasteiger partial charge is 0.463 e. The van der Waals surface area contributed by atoms with Gasteiger partial charge in [-0.1, -0.05) is 181 Å². The number of carbonyl (C=O) groups is 2. The lowest BCUT2D eigenvalue weighted by Gasteiger charge is -2.04. The Hall–Kier alpha value is -1.32. The van der Waals surface area contributed by atoms with Gasteiger partial charge in [0, 0.05) is 12.2 Å². The maximum Gasteiger partial charge on any atom is 0.331 e. The Morgan fingerprint density at radius 1 is 0.350 bits per heavy atom. The fourth-order valence-corrected chi connectivity index (χ4v) is 5.17. The van der Waals surface area contributed by atoms with Crippen LogP contribution in [0.4, 0.5) is 0 Å². The second-order valence-corrected chi connectivity index (χ2v) is 11.9. The van der Waals surface area contributed by atoms with Gasteiger partial charge >= 0.3 is 11.9 Å². The van der Waals surface area contributed by atoms with Gasteiger partial charge in [-0.25, -0.2) is 9.59 Å². The molecule has 0 aromatic carbocycles. The Morgan fingerprint density at radius 3 is 0.775 bits per heavy atom. The standard InChI is InChI=1S/C36H68O4/c1-3-5-7-9-11-13-15-17-19-21-23-25-27-29-33-39-35(37)31-32-36(38)40-34-30-28-26-24-22-20-18-16-14-12-10-8-6-4-2/h31-32H,3-30,33-34H2,1-2H3/b32-31+. The maximum atomic E-state index is 11.8. The highest BCUT2D eigenvalue weighted by atomic mass is 16.5. The van der Waals surface area contributed by atoms with E-state index in [2.05, 4.69) is 13.8 Å². The van der Waals surface area contributed by atoms with Crippen molar-refractivity contribution in [3.63, 3.8) is 0 Å². The van der Waals surface area contributed by atoms with E-state index in [9.17, 15) is 9.59 Å². The van der Waals surface area contributed by atoms with E-state index >= 15 is 0 Å². The smallest absolute Gasteiger partial charge is 0.331 e. The third-order valence-corrected chi connectivity index (χ3v) is 7.84. The van der Waals surface area contributed by atoms with Crippen LogP contribution in [0.15, 0.2) is 12.2 Å². The first kappa shape index (κ1) is 38.7. The first-order valence-corrected chi connectivity index (χ1v) is 17.7. The minimum Gasteiger partial charge on any atom is -0.463 e. The molecule has 0 aromatic rings. The molecule has 40 heavy (non-hydrogen) atoms. The lowest BCUT2D eigenvalue weighted by molar-refractivity contribution is -0.140. The van der Waals surface area contributed by atoms with Crippen molar-refractivity contribution >= 4 is 11.9 Å². The zero-order valence-corrected chi connectivity index (χ0v) is 27.0. The molecule has 236 valence electrons. The molecule has 0 amide bonds. The van der Waals surface area contributed by atoms with E-state index in [4.69, 9.17) is 9.47 Å². The van der Waals surface area contributed by atoms with Gasteiger partial charge < -0.3 is 9.47 Å². The summed E-state index contributed by atoms with van der Waals surface area (Å²) < 4.78 is 10.4. The molecule has 0 heterocycles. The molecule has 0 aromatic heterocycles. The van der Waals surface area contributed by atoms with Crippen LogP contribution in [-0.2, 0) is 19.1 Å². The van der Waals surface area contributed by atoms with Crippen LogP contribution in [-0.4, -0.2) is 25.2 Å². The van der Waals surface area contributed by atoms with E-state index < -0.39 is 11.9 Å². The third kappa shape index (κ3) is 32.9. The van der Waals surface area contributed by atoms with Gasteiger partial charge in [0.25, 0.3) is 0 Å². The zero-order valence-electron chi connectivity index (χ0n) is 27.0. The number of ether oxygens (including phenoxy) is 2. The van der Waals surface area contributed by atoms with Crippen molar-refractivity contribution in [3.8, 4) is 0 Å². The summed E-state index contributed by atoms with van der Waals surface area (Å²) in [5.74, 6) is -0.911. The van der Waals surface area contributed by atoms with Crippen molar-refractivity contribution in [2.75, 3.05) is 13.2 Å². The molecule has 0 spiro atoms. The first-order chi connectivity index (χ1) is 19.7. The lowest BCUT2D eigenvalue weighted by Crippen LogP contribution is -2.06. The van der Waals surface area contributed by atoms with Crippen LogP contribution in [0.1, 0.15) is 194 Å². The summed E-state index contributed by atoms with van der Waals surface area (Å²) in [5, 5.41) is 0. The molecule has 0 saturated heterocycles. The topological polar surface area (TPSA) is 52.6 Å². The van der Waals surface area contributed by atoms with Gasteiger partial charge in [0.05, 0.1) is 13.2 Å². The Kier molecular flexibility index (Phi) is 32.8. The highest BCUT2D eigenvalue weighted by Crippen LogP contribution is 2.14. The van der Waals surface area contributed by atoms with E-state index in [1.54, 1.807) is 0 Å². The minimum atomic E-state index is -0.455. The molecular weight excluding hydrogens is 496 g/mol. The van der Waals surface area contributed by atoms with Crippen LogP contribution in [0.25, 0.3) is 0 Å². The van der Waals surface area contributed by atoms with Gasteiger partial charge in [-0.05, 0) is 12.8 Å². The zero-order chi connectivity index (χ0) is 29.2. The predicted octanol–water partition coefficient (Wildman–Crippen LogP) is 11.6. The normalized spacial score (nSPS) is 11.3. The van der Waals surface area contributed by atoms with Gasteiger partial charge in [0.2, 0.25) is 0 Å². The summed E-state index contributed by atoms with van der Waals surface area (Å²) in [7, 11) is 0. The number of carbonyl (C=O) groups excluding carboxylic acids is 2. The van der Waals surface area contributed by atoms with E-state index in [1.165, 1.54) is 166 Å². The monoisotopic (exact) mass is 565 g/mol. The Labute approximate surface area is 249 Å². The molecular formula is C36H68O4. The van der Waals surface area contributed by atoms with Crippen LogP contribution >= 0.6 is 0 Å². The van der Waals surface area contributed by atoms with Crippen molar-refractivity contribution in [1.82, 2.24) is 0 Å². The Bertz CT molecular complexity index is 509. The van der Waals surface area contributed by atoms with Crippen molar-refractivity contribution < 1.29 is 19.1 Å². The second-order valence-electron chi connectivity index (χ2n) is 11.9. The van der Waals surface area contributed by atoms with E-state index in [1.807, 2.05) is 0 Å². The van der Waals surface area contributed by atoms with E-state index in [0.717, 1.165) is 25.7 Å². The van der Waals surface area contributed by atoms with E-state index in [-0.39, 0.29) is 0 Å². The maximum absolute atomic E-state index is 11.8. The molecule has 0 N–H and O–H groups in total. The number of rotatable bonds is 32. The molecule has 0 radical (unpaired) electrons. The van der Waals surface area contributed by atoms with Gasteiger partial charge in [0.15, 0.2) is 0 Å². The predicted molar refractivity (Wildman–Crippen MR) is 172 cm³/mol. The minimum absolute atomic E-state index is 0.426. The van der Waals surface area contributed by atoms with Crippen LogP contribution < -0.4 is 0 Å². The highest BCUT2D eigenvalue weighted by Gasteiger charge is 2.02. The average molecular weight is 565 g/mol. The van der Waals surface area contributed by atoms with Crippen LogP contribution in [0.5, 0.6) is 0 Å². The van der Waals surface area contributed by atoms with Crippen molar-refractivity contribution in [1.29, 1.82) is 0 Å². The van der Waals surface area contributed by atoms with Gasteiger partial charge in [0.1, 0.15) is 0 Å². The van der Waals surface area contributed by atoms with Crippen LogP contribution in [0, 0.1) is 0 Å². The molecule has 0 unspecified atom stereocenters. The quantitative estimate of drug-likeness (QED) is 0.0463. The number of hydrogen-bond donors (Lipinski definition) is 0. The highest BCUT2D eigenvalue weighted by molar-refractivity contribution is 5.91. The average Bonchev–Trinajstić information content (AvgIpc) is 2.96. The van der Waals surface area contributed by atoms with Gasteiger partial charge in [-0.3, -0.25) is 0 Å². The molecule has 0 bridgehead atoms. The number of unbranched alkanes of at least 4 members (excludes halogenated alkanes) is 26. The molecule has 0 saturated carbocycles. The van der Waals surface area contributed by atoms with Crippen LogP contribution in [0.2, 0.25) is 0 Å². The fraction of sp³-hybridized carbons (Fsp3) is 0.889. The van der Waals surface area contributed by atoms with Gasteiger partial charge in [-0.2, -0.15) is 0 Å². The Morgan fingerprint density at radius 2 is 0.550 bits per heavy atom. The Balaban J connectivity index is 3.34. The third-order valence-electron chi connectivity index (χ3n) is 7.84. The first-order valence-electron chi connectivity index (χ1n) is 17.7. The molecule has 0 aliphatic carbocycles. The summed E-state index contributed by atoms with van der Waals surface area (Å²) in [4.78, 5) is 23.6. The molecule has 0 atom stereocenters. The molecule has 0 aliphatic rings. The molecule has 0 aliphatic heterocycles. The molecule has 4 heteroatoms. The van der Waals surface area contributed by atoms with Gasteiger partial charge in [-0.15, -0.1) is 0 Å². The summed E-state index contributed by atoms with van der Waals surface area (Å²) in [6.45, 7) is 5.39. The van der Waals surface area contributed by atoms with Crippen molar-refractivity contribution in [3.05, 3.63) is 12.2 Å². The van der Waals surface area contributed by atoms with Crippen molar-refractivity contribution in [2.24, 2.45) is 0 Å². The summed E-state index contributed by atoms with van der Waals surface area (Å²) in [6, 6.07) is 0. The summed E-state index contributed by atoms with van der Waals surface area (Å²) in [6.07, 6.45) is 38.9. The van der Waals surface area contributed by atoms with Crippen LogP contribution in [0.3, 0.4) is 0 Å². The van der Waals surface area contributed by atoms with E-state index in [0.29, 0.717) is 13.2 Å². The molecule has 0 rings (SSSR count).